The third-order valence-corrected chi connectivity index (χ3v) is 4.24. The monoisotopic (exact) mass is 437 g/mol. The SMILES string of the molecule is O=S(=O)(O)OCCOc1ccc(N=Nc2cc(-c3ccccc3)ccc2O)cc1.[Na]. The van der Waals surface area contributed by atoms with Crippen LogP contribution in [0.1, 0.15) is 0 Å². The smallest absolute Gasteiger partial charge is 0.397 e. The fraction of sp³-hybridized carbons (Fsp3) is 0.100. The third kappa shape index (κ3) is 7.52. The van der Waals surface area contributed by atoms with Gasteiger partial charge in [0.1, 0.15) is 30.4 Å². The normalized spacial score (nSPS) is 11.2. The molecular weight excluding hydrogens is 419 g/mol. The molecule has 8 nitrogen and oxygen atoms in total. The van der Waals surface area contributed by atoms with Crippen molar-refractivity contribution >= 4 is 51.3 Å². The topological polar surface area (TPSA) is 118 Å². The van der Waals surface area contributed by atoms with Crippen molar-refractivity contribution in [2.45, 2.75) is 0 Å². The second kappa shape index (κ2) is 11.2. The van der Waals surface area contributed by atoms with Crippen LogP contribution in [0.15, 0.2) is 83.0 Å². The molecule has 10 heteroatoms. The molecule has 0 aliphatic heterocycles. The van der Waals surface area contributed by atoms with Gasteiger partial charge in [0.15, 0.2) is 0 Å². The van der Waals surface area contributed by atoms with E-state index in [1.54, 1.807) is 36.4 Å². The van der Waals surface area contributed by atoms with Crippen LogP contribution in [0.3, 0.4) is 0 Å². The van der Waals surface area contributed by atoms with Gasteiger partial charge in [0.2, 0.25) is 0 Å². The quantitative estimate of drug-likeness (QED) is 0.235. The number of hydrogen-bond acceptors (Lipinski definition) is 7. The van der Waals surface area contributed by atoms with Gasteiger partial charge >= 0.3 is 10.4 Å². The minimum atomic E-state index is -4.47. The second-order valence-corrected chi connectivity index (χ2v) is 6.95. The number of aromatic hydroxyl groups is 1. The Kier molecular flexibility index (Phi) is 8.97. The van der Waals surface area contributed by atoms with Gasteiger partial charge in [0.25, 0.3) is 0 Å². The first-order valence-corrected chi connectivity index (χ1v) is 9.92. The molecule has 30 heavy (non-hydrogen) atoms. The Labute approximate surface area is 196 Å². The minimum Gasteiger partial charge on any atom is -0.506 e. The number of azo groups is 1. The van der Waals surface area contributed by atoms with Crippen LogP contribution in [0, 0.1) is 0 Å². The van der Waals surface area contributed by atoms with Crippen molar-refractivity contribution in [3.63, 3.8) is 0 Å². The molecule has 0 saturated carbocycles. The van der Waals surface area contributed by atoms with E-state index >= 15 is 0 Å². The van der Waals surface area contributed by atoms with E-state index in [9.17, 15) is 13.5 Å². The number of phenols is 1. The van der Waals surface area contributed by atoms with Crippen LogP contribution in [-0.4, -0.2) is 60.8 Å². The average molecular weight is 437 g/mol. The van der Waals surface area contributed by atoms with Crippen LogP contribution < -0.4 is 4.74 Å². The molecule has 0 aliphatic rings. The van der Waals surface area contributed by atoms with Crippen LogP contribution in [0.5, 0.6) is 11.5 Å². The molecule has 151 valence electrons. The molecule has 0 aromatic heterocycles. The van der Waals surface area contributed by atoms with Crippen molar-refractivity contribution in [2.24, 2.45) is 10.2 Å². The summed E-state index contributed by atoms with van der Waals surface area (Å²) in [4.78, 5) is 0. The molecule has 0 unspecified atom stereocenters. The fourth-order valence-electron chi connectivity index (χ4n) is 2.43. The number of nitrogens with zero attached hydrogens (tertiary/aromatic N) is 2. The predicted octanol–water partition coefficient (Wildman–Crippen LogP) is 4.29. The molecule has 0 heterocycles. The fourth-order valence-corrected chi connectivity index (χ4v) is 2.71. The number of hydrogen-bond donors (Lipinski definition) is 2. The van der Waals surface area contributed by atoms with Gasteiger partial charge in [-0.1, -0.05) is 36.4 Å². The number of benzene rings is 3. The Hall–Kier alpha value is -2.27. The van der Waals surface area contributed by atoms with Crippen molar-refractivity contribution in [1.29, 1.82) is 0 Å². The Bertz CT molecular complexity index is 1090. The van der Waals surface area contributed by atoms with E-state index < -0.39 is 10.4 Å². The molecule has 3 aromatic carbocycles. The van der Waals surface area contributed by atoms with Crippen LogP contribution in [0.25, 0.3) is 11.1 Å². The van der Waals surface area contributed by atoms with Crippen LogP contribution in [0.2, 0.25) is 0 Å². The number of phenolic OH excluding ortho intramolecular Hbond substituents is 1. The van der Waals surface area contributed by atoms with E-state index in [-0.39, 0.29) is 48.5 Å². The molecule has 0 atom stereocenters. The van der Waals surface area contributed by atoms with Gasteiger partial charge in [-0.2, -0.15) is 13.5 Å². The molecule has 3 aromatic rings. The second-order valence-electron chi connectivity index (χ2n) is 5.86. The first-order chi connectivity index (χ1) is 13.9. The molecule has 0 spiro atoms. The van der Waals surface area contributed by atoms with Crippen LogP contribution >= 0.6 is 0 Å². The first-order valence-electron chi connectivity index (χ1n) is 8.55. The molecule has 1 radical (unpaired) electrons. The molecule has 0 fully saturated rings. The van der Waals surface area contributed by atoms with Gasteiger partial charge in [-0.3, -0.25) is 4.55 Å². The van der Waals surface area contributed by atoms with Crippen LogP contribution in [0.4, 0.5) is 11.4 Å². The zero-order valence-electron chi connectivity index (χ0n) is 16.2. The summed E-state index contributed by atoms with van der Waals surface area (Å²) in [7, 11) is -4.47. The molecular formula is C20H18N2NaO6S. The molecule has 3 rings (SSSR count). The summed E-state index contributed by atoms with van der Waals surface area (Å²) in [6.07, 6.45) is 0. The summed E-state index contributed by atoms with van der Waals surface area (Å²) in [5, 5.41) is 18.3. The maximum atomic E-state index is 10.4. The Balaban J connectivity index is 0.00000320. The van der Waals surface area contributed by atoms with E-state index in [0.29, 0.717) is 17.1 Å². The Morgan fingerprint density at radius 1 is 0.833 bits per heavy atom. The maximum Gasteiger partial charge on any atom is 0.397 e. The van der Waals surface area contributed by atoms with Crippen LogP contribution in [-0.2, 0) is 14.6 Å². The average Bonchev–Trinajstić information content (AvgIpc) is 2.71. The predicted molar refractivity (Wildman–Crippen MR) is 113 cm³/mol. The summed E-state index contributed by atoms with van der Waals surface area (Å²) >= 11 is 0. The number of ether oxygens (including phenoxy) is 1. The summed E-state index contributed by atoms with van der Waals surface area (Å²) in [5.41, 5.74) is 2.79. The van der Waals surface area contributed by atoms with Gasteiger partial charge in [-0.05, 0) is 47.5 Å². The Morgan fingerprint density at radius 2 is 1.53 bits per heavy atom. The van der Waals surface area contributed by atoms with Gasteiger partial charge in [-0.25, -0.2) is 4.18 Å². The van der Waals surface area contributed by atoms with Crippen molar-refractivity contribution in [2.75, 3.05) is 13.2 Å². The summed E-state index contributed by atoms with van der Waals surface area (Å²) < 4.78 is 38.8. The molecule has 0 bridgehead atoms. The summed E-state index contributed by atoms with van der Waals surface area (Å²) in [6, 6.07) is 21.4. The third-order valence-electron chi connectivity index (χ3n) is 3.78. The first kappa shape index (κ1) is 24.0. The minimum absolute atomic E-state index is 0. The van der Waals surface area contributed by atoms with E-state index in [0.717, 1.165) is 11.1 Å². The maximum absolute atomic E-state index is 10.4. The van der Waals surface area contributed by atoms with Crippen molar-refractivity contribution in [3.05, 3.63) is 72.8 Å². The number of rotatable bonds is 8. The van der Waals surface area contributed by atoms with E-state index in [1.165, 1.54) is 0 Å². The Morgan fingerprint density at radius 3 is 2.20 bits per heavy atom. The standard InChI is InChI=1S/C20H18N2O6S.Na/c23-20-11-6-16(15-4-2-1-3-5-15)14-19(20)22-21-17-7-9-18(10-8-17)27-12-13-28-29(24,25)26;/h1-11,14,23H,12-13H2,(H,24,25,26);. The summed E-state index contributed by atoms with van der Waals surface area (Å²) in [6.45, 7) is -0.363. The molecule has 0 aliphatic carbocycles. The largest absolute Gasteiger partial charge is 0.506 e. The zero-order valence-corrected chi connectivity index (χ0v) is 19.0. The van der Waals surface area contributed by atoms with Gasteiger partial charge in [-0.15, -0.1) is 5.11 Å². The van der Waals surface area contributed by atoms with Crippen molar-refractivity contribution < 1.29 is 27.0 Å². The van der Waals surface area contributed by atoms with E-state index in [1.807, 2.05) is 36.4 Å². The van der Waals surface area contributed by atoms with Gasteiger partial charge in [0, 0.05) is 29.6 Å². The van der Waals surface area contributed by atoms with Gasteiger partial charge in [0.05, 0.1) is 5.69 Å². The molecule has 0 saturated heterocycles. The molecule has 0 amide bonds. The molecule has 2 N–H and O–H groups in total. The van der Waals surface area contributed by atoms with Gasteiger partial charge < -0.3 is 9.84 Å². The van der Waals surface area contributed by atoms with E-state index in [2.05, 4.69) is 14.4 Å². The van der Waals surface area contributed by atoms with Crippen molar-refractivity contribution in [3.8, 4) is 22.6 Å². The zero-order chi connectivity index (χ0) is 20.7. The van der Waals surface area contributed by atoms with Crippen molar-refractivity contribution in [1.82, 2.24) is 0 Å². The summed E-state index contributed by atoms with van der Waals surface area (Å²) in [5.74, 6) is 0.490. The van der Waals surface area contributed by atoms with E-state index in [4.69, 9.17) is 9.29 Å².